The summed E-state index contributed by atoms with van der Waals surface area (Å²) in [6.07, 6.45) is 2.73. The molecule has 9 heteroatoms. The first kappa shape index (κ1) is 25.4. The average Bonchev–Trinajstić information content (AvgIpc) is 2.88. The summed E-state index contributed by atoms with van der Waals surface area (Å²) in [7, 11) is -3.67. The van der Waals surface area contributed by atoms with Gasteiger partial charge in [-0.05, 0) is 30.4 Å². The smallest absolute Gasteiger partial charge is 0.373 e. The number of benzene rings is 2. The van der Waals surface area contributed by atoms with Crippen LogP contribution in [-0.4, -0.2) is 37.7 Å². The topological polar surface area (TPSA) is 91.3 Å². The Morgan fingerprint density at radius 3 is 2.15 bits per heavy atom. The van der Waals surface area contributed by atoms with Gasteiger partial charge in [-0.25, -0.2) is 0 Å². The van der Waals surface area contributed by atoms with Crippen molar-refractivity contribution in [3.8, 4) is 0 Å². The molecule has 2 aromatic carbocycles. The van der Waals surface area contributed by atoms with Gasteiger partial charge < -0.3 is 23.2 Å². The molecule has 4 atom stereocenters. The van der Waals surface area contributed by atoms with Crippen LogP contribution in [0.4, 0.5) is 0 Å². The predicted molar refractivity (Wildman–Crippen MR) is 132 cm³/mol. The SMILES string of the molecule is COP(=O)(O)CC1=C(c2ccccc2)OC2(P(=O)(OC)OC)CCCCC2C1c1ccccc1. The van der Waals surface area contributed by atoms with Crippen LogP contribution in [0.1, 0.15) is 42.7 Å². The van der Waals surface area contributed by atoms with Gasteiger partial charge in [0.05, 0.1) is 6.16 Å². The van der Waals surface area contributed by atoms with Gasteiger partial charge in [-0.2, -0.15) is 0 Å². The van der Waals surface area contributed by atoms with Crippen LogP contribution in [0, 0.1) is 5.92 Å². The van der Waals surface area contributed by atoms with Crippen LogP contribution in [-0.2, 0) is 27.4 Å². The molecule has 0 bridgehead atoms. The van der Waals surface area contributed by atoms with Crippen molar-refractivity contribution in [1.29, 1.82) is 0 Å². The van der Waals surface area contributed by atoms with Gasteiger partial charge in [0, 0.05) is 38.7 Å². The molecule has 184 valence electrons. The minimum atomic E-state index is -3.95. The van der Waals surface area contributed by atoms with E-state index in [4.69, 9.17) is 18.3 Å². The Kier molecular flexibility index (Phi) is 7.54. The zero-order valence-corrected chi connectivity index (χ0v) is 21.5. The molecule has 34 heavy (non-hydrogen) atoms. The van der Waals surface area contributed by atoms with E-state index in [0.717, 1.165) is 24.0 Å². The van der Waals surface area contributed by atoms with Gasteiger partial charge in [-0.1, -0.05) is 67.1 Å². The molecule has 1 fully saturated rings. The Bertz CT molecular complexity index is 1110. The number of fused-ring (bicyclic) bond motifs is 1. The van der Waals surface area contributed by atoms with E-state index in [2.05, 4.69) is 0 Å². The first-order valence-corrected chi connectivity index (χ1v) is 14.7. The Balaban J connectivity index is 2.05. The maximum absolute atomic E-state index is 14.1. The lowest BCUT2D eigenvalue weighted by Crippen LogP contribution is -2.49. The lowest BCUT2D eigenvalue weighted by Gasteiger charge is -2.53. The van der Waals surface area contributed by atoms with E-state index < -0.39 is 20.5 Å². The molecule has 0 radical (unpaired) electrons. The number of ether oxygens (including phenoxy) is 1. The number of hydrogen-bond acceptors (Lipinski definition) is 6. The molecule has 1 heterocycles. The zero-order valence-electron chi connectivity index (χ0n) is 19.8. The summed E-state index contributed by atoms with van der Waals surface area (Å²) in [5.41, 5.74) is 2.35. The lowest BCUT2D eigenvalue weighted by molar-refractivity contribution is -0.0221. The molecule has 2 aliphatic rings. The van der Waals surface area contributed by atoms with Crippen LogP contribution in [0.15, 0.2) is 66.2 Å². The Morgan fingerprint density at radius 1 is 0.941 bits per heavy atom. The number of allylic oxidation sites excluding steroid dienone is 1. The molecular formula is C25H32O7P2. The second-order valence-electron chi connectivity index (χ2n) is 8.75. The Hall–Kier alpha value is -1.72. The zero-order chi connectivity index (χ0) is 24.4. The summed E-state index contributed by atoms with van der Waals surface area (Å²) < 4.78 is 49.9. The van der Waals surface area contributed by atoms with Crippen molar-refractivity contribution in [1.82, 2.24) is 0 Å². The fourth-order valence-electron chi connectivity index (χ4n) is 5.49. The summed E-state index contributed by atoms with van der Waals surface area (Å²) in [5.74, 6) is -0.179. The van der Waals surface area contributed by atoms with Gasteiger partial charge in [0.2, 0.25) is 5.34 Å². The van der Waals surface area contributed by atoms with E-state index >= 15 is 0 Å². The van der Waals surface area contributed by atoms with Crippen molar-refractivity contribution in [3.63, 3.8) is 0 Å². The van der Waals surface area contributed by atoms with Crippen molar-refractivity contribution in [2.24, 2.45) is 5.92 Å². The highest BCUT2D eigenvalue weighted by Gasteiger charge is 2.64. The van der Waals surface area contributed by atoms with E-state index in [-0.39, 0.29) is 18.0 Å². The number of hydrogen-bond donors (Lipinski definition) is 1. The molecule has 1 aliphatic heterocycles. The van der Waals surface area contributed by atoms with E-state index in [1.165, 1.54) is 21.3 Å². The summed E-state index contributed by atoms with van der Waals surface area (Å²) in [6, 6.07) is 19.2. The van der Waals surface area contributed by atoms with Gasteiger partial charge in [0.1, 0.15) is 5.76 Å². The molecule has 1 N–H and O–H groups in total. The van der Waals surface area contributed by atoms with E-state index in [9.17, 15) is 14.0 Å². The molecular weight excluding hydrogens is 474 g/mol. The molecule has 0 saturated heterocycles. The minimum Gasteiger partial charge on any atom is -0.474 e. The summed E-state index contributed by atoms with van der Waals surface area (Å²) in [5, 5.41) is -1.23. The molecule has 1 saturated carbocycles. The maximum Gasteiger partial charge on any atom is 0.373 e. The molecule has 2 aromatic rings. The molecule has 7 nitrogen and oxygen atoms in total. The van der Waals surface area contributed by atoms with Crippen LogP contribution < -0.4 is 0 Å². The van der Waals surface area contributed by atoms with Gasteiger partial charge in [0.25, 0.3) is 0 Å². The second kappa shape index (κ2) is 10.1. The quantitative estimate of drug-likeness (QED) is 0.413. The van der Waals surface area contributed by atoms with Gasteiger partial charge in [-0.3, -0.25) is 9.13 Å². The predicted octanol–water partition coefficient (Wildman–Crippen LogP) is 6.42. The highest BCUT2D eigenvalue weighted by molar-refractivity contribution is 7.55. The monoisotopic (exact) mass is 506 g/mol. The summed E-state index contributed by atoms with van der Waals surface area (Å²) in [6.45, 7) is 0. The van der Waals surface area contributed by atoms with E-state index in [1.807, 2.05) is 60.7 Å². The minimum absolute atomic E-state index is 0.204. The third kappa shape index (κ3) is 4.46. The first-order valence-electron chi connectivity index (χ1n) is 11.4. The largest absolute Gasteiger partial charge is 0.474 e. The van der Waals surface area contributed by atoms with Crippen LogP contribution in [0.2, 0.25) is 0 Å². The van der Waals surface area contributed by atoms with Crippen molar-refractivity contribution in [2.75, 3.05) is 27.5 Å². The van der Waals surface area contributed by atoms with E-state index in [1.54, 1.807) is 0 Å². The Labute approximate surface area is 201 Å². The molecule has 4 rings (SSSR count). The second-order valence-corrected chi connectivity index (χ2v) is 13.2. The normalized spacial score (nSPS) is 26.9. The fraction of sp³-hybridized carbons (Fsp3) is 0.440. The van der Waals surface area contributed by atoms with E-state index in [0.29, 0.717) is 24.2 Å². The van der Waals surface area contributed by atoms with Crippen molar-refractivity contribution < 1.29 is 32.3 Å². The molecule has 1 aliphatic carbocycles. The van der Waals surface area contributed by atoms with Crippen LogP contribution in [0.25, 0.3) is 5.76 Å². The van der Waals surface area contributed by atoms with Crippen molar-refractivity contribution in [3.05, 3.63) is 77.4 Å². The third-order valence-corrected chi connectivity index (χ3v) is 10.9. The molecule has 0 aromatic heterocycles. The molecule has 0 spiro atoms. The first-order chi connectivity index (χ1) is 16.3. The summed E-state index contributed by atoms with van der Waals surface area (Å²) >= 11 is 0. The third-order valence-electron chi connectivity index (χ3n) is 7.02. The van der Waals surface area contributed by atoms with Crippen molar-refractivity contribution in [2.45, 2.75) is 36.9 Å². The molecule has 0 amide bonds. The molecule has 4 unspecified atom stereocenters. The Morgan fingerprint density at radius 2 is 1.56 bits per heavy atom. The number of rotatable bonds is 8. The maximum atomic E-state index is 14.1. The average molecular weight is 506 g/mol. The highest BCUT2D eigenvalue weighted by Crippen LogP contribution is 2.72. The van der Waals surface area contributed by atoms with Crippen LogP contribution >= 0.6 is 15.2 Å². The fourth-order valence-corrected chi connectivity index (χ4v) is 8.48. The van der Waals surface area contributed by atoms with Crippen LogP contribution in [0.3, 0.4) is 0 Å². The summed E-state index contributed by atoms with van der Waals surface area (Å²) in [4.78, 5) is 10.6. The van der Waals surface area contributed by atoms with Gasteiger partial charge in [-0.15, -0.1) is 0 Å². The standard InChI is InChI=1S/C25H32O7P2/c1-29-33(26,27)18-21-23(19-12-6-4-7-13-19)22-16-10-11-17-25(22,34(28,30-2)31-3)32-24(21)20-14-8-5-9-15-20/h4-9,12-15,22-23H,10-11,16-18H2,1-3H3,(H,26,27). The van der Waals surface area contributed by atoms with Gasteiger partial charge >= 0.3 is 15.2 Å². The van der Waals surface area contributed by atoms with Crippen LogP contribution in [0.5, 0.6) is 0 Å². The van der Waals surface area contributed by atoms with Gasteiger partial charge in [0.15, 0.2) is 0 Å². The highest BCUT2D eigenvalue weighted by atomic mass is 31.2. The van der Waals surface area contributed by atoms with Crippen molar-refractivity contribution >= 4 is 21.0 Å². The lowest BCUT2D eigenvalue weighted by atomic mass is 9.69.